The van der Waals surface area contributed by atoms with E-state index in [1.54, 1.807) is 39.8 Å². The second-order valence-electron chi connectivity index (χ2n) is 18.1. The quantitative estimate of drug-likeness (QED) is 0.0861. The van der Waals surface area contributed by atoms with Crippen molar-refractivity contribution in [2.75, 3.05) is 13.2 Å². The molecule has 2 fully saturated rings. The summed E-state index contributed by atoms with van der Waals surface area (Å²) in [4.78, 5) is 29.1. The van der Waals surface area contributed by atoms with Crippen molar-refractivity contribution in [3.05, 3.63) is 60.4 Å². The summed E-state index contributed by atoms with van der Waals surface area (Å²) in [5.74, 6) is -0.967. The molecule has 380 valence electrons. The van der Waals surface area contributed by atoms with Crippen LogP contribution >= 0.6 is 0 Å². The highest BCUT2D eigenvalue weighted by atomic mass is 16.6. The molecule has 0 aromatic heterocycles. The molecular weight excluding hydrogens is 829 g/mol. The van der Waals surface area contributed by atoms with Gasteiger partial charge >= 0.3 is 12.0 Å². The molecule has 0 radical (unpaired) electrons. The van der Waals surface area contributed by atoms with Gasteiger partial charge in [-0.05, 0) is 116 Å². The molecule has 6 unspecified atom stereocenters. The molecule has 2 aliphatic heterocycles. The topological polar surface area (TPSA) is 198 Å². The lowest BCUT2D eigenvalue weighted by Gasteiger charge is -2.43. The third-order valence-corrected chi connectivity index (χ3v) is 11.8. The van der Waals surface area contributed by atoms with Gasteiger partial charge in [0.05, 0.1) is 48.6 Å². The Morgan fingerprint density at radius 3 is 2.11 bits per heavy atom. The lowest BCUT2D eigenvalue weighted by molar-refractivity contribution is -0.194. The van der Waals surface area contributed by atoms with Crippen LogP contribution in [0.5, 0.6) is 0 Å². The Morgan fingerprint density at radius 1 is 1.00 bits per heavy atom. The highest BCUT2D eigenvalue weighted by molar-refractivity contribution is 5.78. The number of hydrogen-bond acceptors (Lipinski definition) is 11. The third kappa shape index (κ3) is 23.6. The smallest absolute Gasteiger partial charge is 0.322 e. The van der Waals surface area contributed by atoms with E-state index in [2.05, 4.69) is 18.8 Å². The second kappa shape index (κ2) is 33.6. The fourth-order valence-corrected chi connectivity index (χ4v) is 8.29. The Kier molecular flexibility index (Phi) is 33.2. The first-order valence-corrected chi connectivity index (χ1v) is 24.5. The zero-order valence-corrected chi connectivity index (χ0v) is 43.4. The first-order valence-electron chi connectivity index (χ1n) is 24.5. The molecule has 0 bridgehead atoms. The summed E-state index contributed by atoms with van der Waals surface area (Å²) in [6.07, 6.45) is 14.4. The lowest BCUT2D eigenvalue weighted by atomic mass is 9.80. The number of esters is 1. The molecule has 3 aliphatic rings. The van der Waals surface area contributed by atoms with Crippen LogP contribution in [0.15, 0.2) is 60.4 Å². The second-order valence-corrected chi connectivity index (χ2v) is 18.1. The number of carbonyl (C=O) groups is 2. The average molecular weight is 925 g/mol. The SMILES string of the molecule is C=C/C=C\C=C1/CC=CC=C1NC(=O)N1C[C@H](C)C[C@@](C)(O)C[C@@H](C)[C@H](O[C@H](C)CC)C(C)C(=O)O[C@H](CC)[C@@](C)(O)C(O)C1C.CC.CC.CCC1CC(C)OC(O)C1.C[C@@H](O)CO. The largest absolute Gasteiger partial charge is 0.459 e. The van der Waals surface area contributed by atoms with E-state index in [9.17, 15) is 24.9 Å². The molecule has 1 aliphatic carbocycles. The van der Waals surface area contributed by atoms with Crippen molar-refractivity contribution in [1.29, 1.82) is 0 Å². The summed E-state index contributed by atoms with van der Waals surface area (Å²) in [6, 6.07) is -1.33. The van der Waals surface area contributed by atoms with E-state index in [4.69, 9.17) is 29.5 Å². The van der Waals surface area contributed by atoms with Gasteiger partial charge in [0.15, 0.2) is 6.29 Å². The summed E-state index contributed by atoms with van der Waals surface area (Å²) >= 11 is 0. The molecule has 0 aromatic rings. The van der Waals surface area contributed by atoms with Gasteiger partial charge in [-0.2, -0.15) is 0 Å². The van der Waals surface area contributed by atoms with Gasteiger partial charge < -0.3 is 55.1 Å². The highest BCUT2D eigenvalue weighted by Crippen LogP contribution is 2.34. The minimum Gasteiger partial charge on any atom is -0.459 e. The number of hydrogen-bond donors (Lipinski definition) is 7. The van der Waals surface area contributed by atoms with Crippen LogP contribution in [-0.2, 0) is 19.0 Å². The molecule has 7 N–H and O–H groups in total. The molecule has 0 aromatic carbocycles. The highest BCUT2D eigenvalue weighted by Gasteiger charge is 2.47. The Hall–Kier alpha value is -2.88. The number of allylic oxidation sites excluding steroid dienone is 8. The first-order chi connectivity index (χ1) is 30.5. The molecule has 2 heterocycles. The Balaban J connectivity index is 0. The predicted molar refractivity (Wildman–Crippen MR) is 264 cm³/mol. The van der Waals surface area contributed by atoms with E-state index >= 15 is 0 Å². The van der Waals surface area contributed by atoms with Crippen molar-refractivity contribution < 1.29 is 54.4 Å². The maximum Gasteiger partial charge on any atom is 0.322 e. The standard InChI is InChI=1S/C37H60N2O7.C8H16O2.C3H8O2.2C2H6/c1-11-14-15-18-29-19-16-17-20-30(29)38-35(42)39-23-24(4)21-36(9,43)22-25(5)32(45-26(6)12-2)27(7)34(41)46-31(13-3)37(10,44)33(40)28(39)8;1-3-7-4-6(2)10-8(9)5-7;1-3(5)2-4;2*1-2/h11,14-18,20,24-28,31-33,40,43-44H,1,12-13,19,21-23H2,2-10H3,(H,38,42);6-9H,3-5H2,1-2H3;3-5H,2H2,1H3;2*1-2H3/b15-14-,29-18+;;;;/t24-,25-,26-,27?,28?,31-,32+,33?,36-,37-;;3-;;/m1.1../s1. The van der Waals surface area contributed by atoms with Crippen molar-refractivity contribution in [3.63, 3.8) is 0 Å². The van der Waals surface area contributed by atoms with Gasteiger partial charge in [-0.3, -0.25) is 4.79 Å². The van der Waals surface area contributed by atoms with E-state index in [1.165, 1.54) is 18.7 Å². The fraction of sp³-hybridized carbons (Fsp3) is 0.769. The van der Waals surface area contributed by atoms with Gasteiger partial charge in [-0.1, -0.05) is 112 Å². The monoisotopic (exact) mass is 925 g/mol. The number of cyclic esters (lactones) is 1. The number of urea groups is 1. The molecule has 2 amide bonds. The van der Waals surface area contributed by atoms with Gasteiger partial charge in [0, 0.05) is 18.7 Å². The van der Waals surface area contributed by atoms with E-state index in [0.29, 0.717) is 30.9 Å². The van der Waals surface area contributed by atoms with Crippen LogP contribution in [0.3, 0.4) is 0 Å². The third-order valence-electron chi connectivity index (χ3n) is 11.8. The van der Waals surface area contributed by atoms with Crippen molar-refractivity contribution in [1.82, 2.24) is 10.2 Å². The van der Waals surface area contributed by atoms with Gasteiger partial charge in [-0.15, -0.1) is 0 Å². The summed E-state index contributed by atoms with van der Waals surface area (Å²) in [7, 11) is 0. The molecular formula is C52H96N2O11. The average Bonchev–Trinajstić information content (AvgIpc) is 3.26. The first kappa shape index (κ1) is 64.2. The fourth-order valence-electron chi connectivity index (χ4n) is 8.29. The summed E-state index contributed by atoms with van der Waals surface area (Å²) < 4.78 is 17.4. The van der Waals surface area contributed by atoms with Crippen LogP contribution < -0.4 is 5.32 Å². The van der Waals surface area contributed by atoms with Crippen molar-refractivity contribution in [2.45, 2.75) is 222 Å². The lowest BCUT2D eigenvalue weighted by Crippen LogP contribution is -2.61. The van der Waals surface area contributed by atoms with Gasteiger partial charge in [0.1, 0.15) is 17.8 Å². The van der Waals surface area contributed by atoms with Crippen LogP contribution in [0.1, 0.15) is 162 Å². The summed E-state index contributed by atoms with van der Waals surface area (Å²) in [6.45, 7) is 33.8. The number of rotatable bonds is 9. The molecule has 0 saturated carbocycles. The number of aliphatic hydroxyl groups is 6. The van der Waals surface area contributed by atoms with Crippen LogP contribution in [0, 0.1) is 23.7 Å². The molecule has 0 spiro atoms. The summed E-state index contributed by atoms with van der Waals surface area (Å²) in [5.41, 5.74) is -1.49. The minimum absolute atomic E-state index is 0.114. The molecule has 2 saturated heterocycles. The number of nitrogens with one attached hydrogen (secondary N) is 1. The van der Waals surface area contributed by atoms with Crippen LogP contribution in [0.4, 0.5) is 4.79 Å². The maximum atomic E-state index is 14.0. The van der Waals surface area contributed by atoms with E-state index in [1.807, 2.05) is 92.7 Å². The number of amides is 2. The maximum absolute atomic E-state index is 14.0. The molecule has 14 atom stereocenters. The summed E-state index contributed by atoms with van der Waals surface area (Å²) in [5, 5.41) is 63.3. The van der Waals surface area contributed by atoms with E-state index in [0.717, 1.165) is 31.3 Å². The zero-order chi connectivity index (χ0) is 50.7. The number of nitrogens with zero attached hydrogens (tertiary/aromatic N) is 1. The predicted octanol–water partition coefficient (Wildman–Crippen LogP) is 8.91. The van der Waals surface area contributed by atoms with Crippen LogP contribution in [0.25, 0.3) is 0 Å². The molecule has 13 heteroatoms. The molecule has 65 heavy (non-hydrogen) atoms. The number of ether oxygens (including phenoxy) is 3. The van der Waals surface area contributed by atoms with Crippen molar-refractivity contribution >= 4 is 12.0 Å². The van der Waals surface area contributed by atoms with Crippen molar-refractivity contribution in [3.8, 4) is 0 Å². The van der Waals surface area contributed by atoms with E-state index < -0.39 is 65.9 Å². The van der Waals surface area contributed by atoms with Gasteiger partial charge in [0.2, 0.25) is 0 Å². The van der Waals surface area contributed by atoms with Gasteiger partial charge in [-0.25, -0.2) is 4.79 Å². The van der Waals surface area contributed by atoms with Crippen LogP contribution in [0.2, 0.25) is 0 Å². The Labute approximate surface area is 395 Å². The minimum atomic E-state index is -1.89. The Bertz CT molecular complexity index is 1430. The number of carbonyl (C=O) groups excluding carboxylic acids is 2. The van der Waals surface area contributed by atoms with E-state index in [-0.39, 0.29) is 43.6 Å². The molecule has 13 nitrogen and oxygen atoms in total. The van der Waals surface area contributed by atoms with Crippen LogP contribution in [-0.4, -0.2) is 121 Å². The number of aliphatic hydroxyl groups excluding tert-OH is 4. The Morgan fingerprint density at radius 2 is 1.60 bits per heavy atom. The normalized spacial score (nSPS) is 33.8. The van der Waals surface area contributed by atoms with Crippen molar-refractivity contribution in [2.24, 2.45) is 23.7 Å². The zero-order valence-electron chi connectivity index (χ0n) is 43.4. The molecule has 3 rings (SSSR count). The van der Waals surface area contributed by atoms with Gasteiger partial charge in [0.25, 0.3) is 0 Å².